The van der Waals surface area contributed by atoms with Crippen molar-refractivity contribution in [1.29, 1.82) is 0 Å². The molecule has 0 atom stereocenters. The SMILES string of the molecule is Cn1ccnc1CNC(=O)c1ccc2cc[nH]c2c1. The lowest BCUT2D eigenvalue weighted by Crippen LogP contribution is -2.24. The van der Waals surface area contributed by atoms with Crippen LogP contribution in [0.4, 0.5) is 0 Å². The van der Waals surface area contributed by atoms with Crippen molar-refractivity contribution in [3.63, 3.8) is 0 Å². The van der Waals surface area contributed by atoms with Crippen molar-refractivity contribution < 1.29 is 4.79 Å². The van der Waals surface area contributed by atoms with E-state index in [0.717, 1.165) is 16.7 Å². The Balaban J connectivity index is 1.74. The predicted molar refractivity (Wildman–Crippen MR) is 72.7 cm³/mol. The van der Waals surface area contributed by atoms with E-state index < -0.39 is 0 Å². The molecule has 0 radical (unpaired) electrons. The third-order valence-electron chi connectivity index (χ3n) is 3.15. The van der Waals surface area contributed by atoms with Gasteiger partial charge in [-0.15, -0.1) is 0 Å². The fourth-order valence-electron chi connectivity index (χ4n) is 2.02. The number of hydrogen-bond donors (Lipinski definition) is 2. The number of H-pyrrole nitrogens is 1. The molecule has 2 N–H and O–H groups in total. The Bertz CT molecular complexity index is 726. The predicted octanol–water partition coefficient (Wildman–Crippen LogP) is 1.83. The summed E-state index contributed by atoms with van der Waals surface area (Å²) in [7, 11) is 1.90. The highest BCUT2D eigenvalue weighted by molar-refractivity contribution is 5.97. The number of aromatic amines is 1. The number of carbonyl (C=O) groups excluding carboxylic acids is 1. The highest BCUT2D eigenvalue weighted by Gasteiger charge is 2.07. The van der Waals surface area contributed by atoms with Crippen molar-refractivity contribution in [3.05, 3.63) is 54.2 Å². The van der Waals surface area contributed by atoms with E-state index in [0.29, 0.717) is 12.1 Å². The first-order valence-electron chi connectivity index (χ1n) is 6.05. The second kappa shape index (κ2) is 4.61. The molecular weight excluding hydrogens is 240 g/mol. The number of benzene rings is 1. The zero-order chi connectivity index (χ0) is 13.2. The molecule has 0 aliphatic heterocycles. The van der Waals surface area contributed by atoms with Crippen molar-refractivity contribution in [3.8, 4) is 0 Å². The first-order chi connectivity index (χ1) is 9.24. The quantitative estimate of drug-likeness (QED) is 0.749. The summed E-state index contributed by atoms with van der Waals surface area (Å²) in [6.07, 6.45) is 5.43. The molecule has 5 heteroatoms. The third kappa shape index (κ3) is 2.22. The van der Waals surface area contributed by atoms with Crippen molar-refractivity contribution >= 4 is 16.8 Å². The average Bonchev–Trinajstić information content (AvgIpc) is 3.03. The number of nitrogens with one attached hydrogen (secondary N) is 2. The lowest BCUT2D eigenvalue weighted by atomic mass is 10.1. The van der Waals surface area contributed by atoms with E-state index in [2.05, 4.69) is 15.3 Å². The summed E-state index contributed by atoms with van der Waals surface area (Å²) in [4.78, 5) is 19.3. The first kappa shape index (κ1) is 11.5. The van der Waals surface area contributed by atoms with Crippen LogP contribution in [-0.4, -0.2) is 20.4 Å². The molecule has 1 amide bonds. The summed E-state index contributed by atoms with van der Waals surface area (Å²) >= 11 is 0. The van der Waals surface area contributed by atoms with Gasteiger partial charge in [-0.2, -0.15) is 0 Å². The van der Waals surface area contributed by atoms with Gasteiger partial charge in [-0.3, -0.25) is 4.79 Å². The molecule has 3 aromatic rings. The Morgan fingerprint density at radius 1 is 1.42 bits per heavy atom. The van der Waals surface area contributed by atoms with Gasteiger partial charge in [0.15, 0.2) is 0 Å². The van der Waals surface area contributed by atoms with Crippen LogP contribution in [0.25, 0.3) is 10.9 Å². The Kier molecular flexibility index (Phi) is 2.79. The van der Waals surface area contributed by atoms with Gasteiger partial charge in [-0.25, -0.2) is 4.98 Å². The number of hydrogen-bond acceptors (Lipinski definition) is 2. The van der Waals surface area contributed by atoms with E-state index in [1.807, 2.05) is 48.3 Å². The fourth-order valence-corrected chi connectivity index (χ4v) is 2.02. The minimum atomic E-state index is -0.0977. The summed E-state index contributed by atoms with van der Waals surface area (Å²) in [5.74, 6) is 0.730. The minimum Gasteiger partial charge on any atom is -0.361 e. The van der Waals surface area contributed by atoms with Crippen LogP contribution in [0.2, 0.25) is 0 Å². The second-order valence-corrected chi connectivity index (χ2v) is 4.42. The normalized spacial score (nSPS) is 10.8. The molecule has 2 heterocycles. The standard InChI is InChI=1S/C14H14N4O/c1-18-7-6-16-13(18)9-17-14(19)11-3-2-10-4-5-15-12(10)8-11/h2-8,15H,9H2,1H3,(H,17,19). The summed E-state index contributed by atoms with van der Waals surface area (Å²) in [5, 5.41) is 3.96. The molecule has 0 saturated carbocycles. The second-order valence-electron chi connectivity index (χ2n) is 4.42. The maximum Gasteiger partial charge on any atom is 0.251 e. The number of rotatable bonds is 3. The number of fused-ring (bicyclic) bond motifs is 1. The maximum atomic E-state index is 12.1. The van der Waals surface area contributed by atoms with Gasteiger partial charge in [0.25, 0.3) is 5.91 Å². The van der Waals surface area contributed by atoms with Gasteiger partial charge in [0.1, 0.15) is 5.82 Å². The maximum absolute atomic E-state index is 12.1. The summed E-state index contributed by atoms with van der Waals surface area (Å²) < 4.78 is 1.88. The smallest absolute Gasteiger partial charge is 0.251 e. The number of aromatic nitrogens is 3. The molecule has 19 heavy (non-hydrogen) atoms. The number of carbonyl (C=O) groups is 1. The van der Waals surface area contributed by atoms with E-state index in [1.54, 1.807) is 6.20 Å². The summed E-state index contributed by atoms with van der Waals surface area (Å²) in [6, 6.07) is 7.58. The minimum absolute atomic E-state index is 0.0977. The number of nitrogens with zero attached hydrogens (tertiary/aromatic N) is 2. The molecule has 5 nitrogen and oxygen atoms in total. The lowest BCUT2D eigenvalue weighted by molar-refractivity contribution is 0.0949. The van der Waals surface area contributed by atoms with Crippen LogP contribution < -0.4 is 5.32 Å². The van der Waals surface area contributed by atoms with Crippen LogP contribution in [-0.2, 0) is 13.6 Å². The topological polar surface area (TPSA) is 62.7 Å². The molecule has 96 valence electrons. The van der Waals surface area contributed by atoms with E-state index >= 15 is 0 Å². The highest BCUT2D eigenvalue weighted by atomic mass is 16.1. The van der Waals surface area contributed by atoms with Crippen molar-refractivity contribution in [2.45, 2.75) is 6.54 Å². The van der Waals surface area contributed by atoms with E-state index in [1.165, 1.54) is 0 Å². The number of aryl methyl sites for hydroxylation is 1. The average molecular weight is 254 g/mol. The molecule has 2 aromatic heterocycles. The van der Waals surface area contributed by atoms with Gasteiger partial charge in [0.05, 0.1) is 6.54 Å². The van der Waals surface area contributed by atoms with Gasteiger partial charge in [0, 0.05) is 36.7 Å². The van der Waals surface area contributed by atoms with Crippen molar-refractivity contribution in [2.24, 2.45) is 7.05 Å². The Hall–Kier alpha value is -2.56. The monoisotopic (exact) mass is 254 g/mol. The van der Waals surface area contributed by atoms with Crippen LogP contribution in [0.5, 0.6) is 0 Å². The Morgan fingerprint density at radius 2 is 2.32 bits per heavy atom. The summed E-state index contributed by atoms with van der Waals surface area (Å²) in [5.41, 5.74) is 1.61. The van der Waals surface area contributed by atoms with Crippen LogP contribution >= 0.6 is 0 Å². The molecule has 0 bridgehead atoms. The summed E-state index contributed by atoms with van der Waals surface area (Å²) in [6.45, 7) is 0.422. The molecule has 0 aliphatic carbocycles. The number of amides is 1. The van der Waals surface area contributed by atoms with Gasteiger partial charge in [0.2, 0.25) is 0 Å². The van der Waals surface area contributed by atoms with Gasteiger partial charge >= 0.3 is 0 Å². The largest absolute Gasteiger partial charge is 0.361 e. The van der Waals surface area contributed by atoms with Crippen molar-refractivity contribution in [2.75, 3.05) is 0 Å². The van der Waals surface area contributed by atoms with Crippen LogP contribution in [0.3, 0.4) is 0 Å². The van der Waals surface area contributed by atoms with Gasteiger partial charge < -0.3 is 14.9 Å². The molecule has 0 saturated heterocycles. The van der Waals surface area contributed by atoms with E-state index in [9.17, 15) is 4.79 Å². The Labute approximate surface area is 110 Å². The zero-order valence-corrected chi connectivity index (χ0v) is 10.6. The van der Waals surface area contributed by atoms with Crippen LogP contribution in [0.15, 0.2) is 42.9 Å². The molecule has 0 unspecified atom stereocenters. The molecular formula is C14H14N4O. The lowest BCUT2D eigenvalue weighted by Gasteiger charge is -2.05. The highest BCUT2D eigenvalue weighted by Crippen LogP contribution is 2.14. The van der Waals surface area contributed by atoms with E-state index in [4.69, 9.17) is 0 Å². The molecule has 0 fully saturated rings. The third-order valence-corrected chi connectivity index (χ3v) is 3.15. The number of imidazole rings is 1. The molecule has 0 spiro atoms. The first-order valence-corrected chi connectivity index (χ1v) is 6.05. The van der Waals surface area contributed by atoms with Crippen LogP contribution in [0.1, 0.15) is 16.2 Å². The van der Waals surface area contributed by atoms with Crippen molar-refractivity contribution in [1.82, 2.24) is 19.9 Å². The van der Waals surface area contributed by atoms with Crippen LogP contribution in [0, 0.1) is 0 Å². The molecule has 1 aromatic carbocycles. The Morgan fingerprint density at radius 3 is 3.11 bits per heavy atom. The van der Waals surface area contributed by atoms with E-state index in [-0.39, 0.29) is 5.91 Å². The fraction of sp³-hybridized carbons (Fsp3) is 0.143. The van der Waals surface area contributed by atoms with Gasteiger partial charge in [-0.05, 0) is 23.6 Å². The van der Waals surface area contributed by atoms with Gasteiger partial charge in [-0.1, -0.05) is 6.07 Å². The zero-order valence-electron chi connectivity index (χ0n) is 10.6. The molecule has 0 aliphatic rings. The molecule has 3 rings (SSSR count).